The van der Waals surface area contributed by atoms with Crippen molar-refractivity contribution >= 4 is 38.9 Å². The second-order valence-electron chi connectivity index (χ2n) is 7.26. The fourth-order valence-corrected chi connectivity index (χ4v) is 4.82. The minimum absolute atomic E-state index is 0.0627. The minimum atomic E-state index is -3.79. The lowest BCUT2D eigenvalue weighted by atomic mass is 10.2. The first kappa shape index (κ1) is 25.3. The predicted octanol–water partition coefficient (Wildman–Crippen LogP) is 3.73. The van der Waals surface area contributed by atoms with Crippen molar-refractivity contribution in [1.82, 2.24) is 10.2 Å². The van der Waals surface area contributed by atoms with Crippen LogP contribution in [0.25, 0.3) is 0 Å². The largest absolute Gasteiger partial charge is 0.494 e. The molecule has 2 aromatic carbocycles. The second kappa shape index (κ2) is 11.7. The third kappa shape index (κ3) is 6.82. The van der Waals surface area contributed by atoms with Crippen molar-refractivity contribution in [2.75, 3.05) is 24.4 Å². The number of carbonyl (C=O) groups excluding carboxylic acids is 2. The quantitative estimate of drug-likeness (QED) is 0.417. The number of thiophene rings is 1. The summed E-state index contributed by atoms with van der Waals surface area (Å²) in [6, 6.07) is 16.1. The number of sulfonamides is 1. The number of amides is 2. The van der Waals surface area contributed by atoms with Gasteiger partial charge < -0.3 is 15.0 Å². The molecule has 34 heavy (non-hydrogen) atoms. The third-order valence-corrected chi connectivity index (χ3v) is 7.15. The fourth-order valence-electron chi connectivity index (χ4n) is 3.11. The molecule has 0 atom stereocenters. The van der Waals surface area contributed by atoms with Gasteiger partial charge in [0.1, 0.15) is 5.75 Å². The molecular formula is C24H27N3O5S2. The molecule has 0 fully saturated rings. The van der Waals surface area contributed by atoms with Crippen LogP contribution >= 0.6 is 11.3 Å². The summed E-state index contributed by atoms with van der Waals surface area (Å²) in [7, 11) is -3.79. The van der Waals surface area contributed by atoms with Crippen LogP contribution in [0.2, 0.25) is 0 Å². The predicted molar refractivity (Wildman–Crippen MR) is 133 cm³/mol. The van der Waals surface area contributed by atoms with Gasteiger partial charge in [-0.1, -0.05) is 6.07 Å². The van der Waals surface area contributed by atoms with E-state index in [1.54, 1.807) is 30.4 Å². The van der Waals surface area contributed by atoms with E-state index in [2.05, 4.69) is 10.0 Å². The molecule has 1 aromatic heterocycles. The third-order valence-electron chi connectivity index (χ3n) is 4.87. The van der Waals surface area contributed by atoms with Gasteiger partial charge in [0, 0.05) is 22.7 Å². The van der Waals surface area contributed by atoms with Crippen molar-refractivity contribution < 1.29 is 22.7 Å². The molecule has 0 aliphatic rings. The summed E-state index contributed by atoms with van der Waals surface area (Å²) in [4.78, 5) is 27.7. The van der Waals surface area contributed by atoms with E-state index >= 15 is 0 Å². The Kier molecular flexibility index (Phi) is 8.67. The topological polar surface area (TPSA) is 105 Å². The first-order valence-electron chi connectivity index (χ1n) is 10.8. The molecular weight excluding hydrogens is 474 g/mol. The molecule has 2 N–H and O–H groups in total. The summed E-state index contributed by atoms with van der Waals surface area (Å²) < 4.78 is 33.1. The number of hydrogen-bond donors (Lipinski definition) is 2. The smallest absolute Gasteiger partial charge is 0.261 e. The number of hydrogen-bond acceptors (Lipinski definition) is 6. The van der Waals surface area contributed by atoms with E-state index in [1.807, 2.05) is 24.4 Å². The summed E-state index contributed by atoms with van der Waals surface area (Å²) >= 11 is 1.55. The summed E-state index contributed by atoms with van der Waals surface area (Å²) in [5.74, 6) is 0.0306. The maximum absolute atomic E-state index is 12.8. The molecule has 0 saturated heterocycles. The average Bonchev–Trinajstić information content (AvgIpc) is 3.35. The zero-order chi connectivity index (χ0) is 24.6. The van der Waals surface area contributed by atoms with E-state index in [9.17, 15) is 18.0 Å². The highest BCUT2D eigenvalue weighted by molar-refractivity contribution is 7.92. The fraction of sp³-hybridized carbons (Fsp3) is 0.250. The Bertz CT molecular complexity index is 1190. The average molecular weight is 502 g/mol. The number of carbonyl (C=O) groups is 2. The van der Waals surface area contributed by atoms with E-state index in [1.165, 1.54) is 41.3 Å². The highest BCUT2D eigenvalue weighted by atomic mass is 32.2. The molecule has 0 bridgehead atoms. The number of ether oxygens (including phenoxy) is 1. The molecule has 8 nitrogen and oxygen atoms in total. The Balaban J connectivity index is 1.60. The number of nitrogens with one attached hydrogen (secondary N) is 2. The maximum Gasteiger partial charge on any atom is 0.261 e. The van der Waals surface area contributed by atoms with Crippen LogP contribution in [0.15, 0.2) is 70.9 Å². The van der Waals surface area contributed by atoms with Gasteiger partial charge in [-0.15, -0.1) is 11.3 Å². The van der Waals surface area contributed by atoms with E-state index in [-0.39, 0.29) is 23.3 Å². The van der Waals surface area contributed by atoms with Crippen molar-refractivity contribution in [3.8, 4) is 5.75 Å². The van der Waals surface area contributed by atoms with Crippen LogP contribution in [0.1, 0.15) is 29.1 Å². The molecule has 10 heteroatoms. The molecule has 0 aliphatic heterocycles. The first-order valence-corrected chi connectivity index (χ1v) is 13.1. The SMILES string of the molecule is CCOc1ccc(S(=O)(=O)Nc2ccc(C(=O)N(CC)CC(=O)NCc3cccs3)cc2)cc1. The van der Waals surface area contributed by atoms with Crippen molar-refractivity contribution in [3.63, 3.8) is 0 Å². The standard InChI is InChI=1S/C24H27N3O5S2/c1-3-27(17-23(28)25-16-21-6-5-15-33-21)24(29)18-7-9-19(10-8-18)26-34(30,31)22-13-11-20(12-14-22)32-4-2/h5-15,26H,3-4,16-17H2,1-2H3,(H,25,28). The van der Waals surface area contributed by atoms with E-state index in [0.717, 1.165) is 4.88 Å². The molecule has 2 amide bonds. The van der Waals surface area contributed by atoms with Crippen molar-refractivity contribution in [2.45, 2.75) is 25.3 Å². The van der Waals surface area contributed by atoms with E-state index in [0.29, 0.717) is 36.7 Å². The van der Waals surface area contributed by atoms with Gasteiger partial charge in [0.05, 0.1) is 24.6 Å². The van der Waals surface area contributed by atoms with Crippen LogP contribution in [0, 0.1) is 0 Å². The zero-order valence-corrected chi connectivity index (χ0v) is 20.6. The summed E-state index contributed by atoms with van der Waals surface area (Å²) in [6.45, 7) is 4.85. The van der Waals surface area contributed by atoms with Crippen molar-refractivity contribution in [3.05, 3.63) is 76.5 Å². The molecule has 3 aromatic rings. The molecule has 1 heterocycles. The first-order chi connectivity index (χ1) is 16.3. The van der Waals surface area contributed by atoms with Gasteiger partial charge in [-0.25, -0.2) is 8.42 Å². The molecule has 0 radical (unpaired) electrons. The highest BCUT2D eigenvalue weighted by Gasteiger charge is 2.19. The van der Waals surface area contributed by atoms with Gasteiger partial charge in [-0.2, -0.15) is 0 Å². The number of anilines is 1. The second-order valence-corrected chi connectivity index (χ2v) is 9.98. The Morgan fingerprint density at radius 3 is 2.29 bits per heavy atom. The van der Waals surface area contributed by atoms with Gasteiger partial charge in [-0.3, -0.25) is 14.3 Å². The Labute approximate surface area is 203 Å². The Hall–Kier alpha value is -3.37. The number of likely N-dealkylation sites (N-methyl/N-ethyl adjacent to an activating group) is 1. The lowest BCUT2D eigenvalue weighted by Gasteiger charge is -2.20. The minimum Gasteiger partial charge on any atom is -0.494 e. The number of rotatable bonds is 11. The van der Waals surface area contributed by atoms with Crippen LogP contribution in [-0.2, 0) is 21.4 Å². The van der Waals surface area contributed by atoms with Crippen LogP contribution in [0.5, 0.6) is 5.75 Å². The monoisotopic (exact) mass is 501 g/mol. The molecule has 3 rings (SSSR count). The van der Waals surface area contributed by atoms with Gasteiger partial charge in [0.2, 0.25) is 5.91 Å². The van der Waals surface area contributed by atoms with Crippen LogP contribution < -0.4 is 14.8 Å². The Morgan fingerprint density at radius 2 is 1.71 bits per heavy atom. The lowest BCUT2D eigenvalue weighted by Crippen LogP contribution is -2.40. The van der Waals surface area contributed by atoms with E-state index in [4.69, 9.17) is 4.74 Å². The number of nitrogens with zero attached hydrogens (tertiary/aromatic N) is 1. The highest BCUT2D eigenvalue weighted by Crippen LogP contribution is 2.20. The zero-order valence-electron chi connectivity index (χ0n) is 19.0. The molecule has 0 saturated carbocycles. The van der Waals surface area contributed by atoms with Crippen LogP contribution in [0.4, 0.5) is 5.69 Å². The maximum atomic E-state index is 12.8. The van der Waals surface area contributed by atoms with Gasteiger partial charge in [0.25, 0.3) is 15.9 Å². The molecule has 0 spiro atoms. The van der Waals surface area contributed by atoms with Crippen molar-refractivity contribution in [2.24, 2.45) is 0 Å². The van der Waals surface area contributed by atoms with Crippen LogP contribution in [-0.4, -0.2) is 44.8 Å². The molecule has 180 valence electrons. The normalized spacial score (nSPS) is 11.0. The summed E-state index contributed by atoms with van der Waals surface area (Å²) in [6.07, 6.45) is 0. The van der Waals surface area contributed by atoms with Gasteiger partial charge in [-0.05, 0) is 73.8 Å². The summed E-state index contributed by atoms with van der Waals surface area (Å²) in [5, 5.41) is 4.75. The van der Waals surface area contributed by atoms with Crippen molar-refractivity contribution in [1.29, 1.82) is 0 Å². The number of benzene rings is 2. The van der Waals surface area contributed by atoms with E-state index < -0.39 is 10.0 Å². The Morgan fingerprint density at radius 1 is 1.00 bits per heavy atom. The lowest BCUT2D eigenvalue weighted by molar-refractivity contribution is -0.121. The summed E-state index contributed by atoms with van der Waals surface area (Å²) in [5.41, 5.74) is 0.680. The molecule has 0 aliphatic carbocycles. The van der Waals surface area contributed by atoms with Gasteiger partial charge >= 0.3 is 0 Å². The van der Waals surface area contributed by atoms with Gasteiger partial charge in [0.15, 0.2) is 0 Å². The molecule has 0 unspecified atom stereocenters. The van der Waals surface area contributed by atoms with Crippen LogP contribution in [0.3, 0.4) is 0 Å².